The molecule has 0 aliphatic carbocycles. The molecule has 2 rings (SSSR count). The van der Waals surface area contributed by atoms with E-state index in [2.05, 4.69) is 37.5 Å². The number of anilines is 2. The highest BCUT2D eigenvalue weighted by molar-refractivity contribution is 6.31. The zero-order valence-electron chi connectivity index (χ0n) is 14.1. The molecule has 24 heavy (non-hydrogen) atoms. The normalized spacial score (nSPS) is 11.2. The molecule has 1 amide bonds. The van der Waals surface area contributed by atoms with Crippen LogP contribution in [0.25, 0.3) is 0 Å². The molecule has 0 atom stereocenters. The fraction of sp³-hybridized carbons (Fsp3) is 0.316. The molecule has 0 spiro atoms. The lowest BCUT2D eigenvalue weighted by Gasteiger charge is -2.23. The molecule has 2 aromatic rings. The first-order chi connectivity index (χ1) is 11.3. The van der Waals surface area contributed by atoms with Gasteiger partial charge in [-0.15, -0.1) is 0 Å². The second kappa shape index (κ2) is 7.67. The molecule has 0 aliphatic heterocycles. The summed E-state index contributed by atoms with van der Waals surface area (Å²) < 4.78 is 13.1. The van der Waals surface area contributed by atoms with Crippen molar-refractivity contribution in [2.24, 2.45) is 0 Å². The van der Waals surface area contributed by atoms with Crippen molar-refractivity contribution in [3.8, 4) is 0 Å². The van der Waals surface area contributed by atoms with Crippen molar-refractivity contribution in [1.29, 1.82) is 0 Å². The van der Waals surface area contributed by atoms with E-state index in [1.165, 1.54) is 23.8 Å². The Morgan fingerprint density at radius 2 is 1.88 bits per heavy atom. The summed E-state index contributed by atoms with van der Waals surface area (Å²) in [5, 5.41) is 6.01. The highest BCUT2D eigenvalue weighted by atomic mass is 35.5. The highest BCUT2D eigenvalue weighted by Gasteiger charge is 2.17. The van der Waals surface area contributed by atoms with Gasteiger partial charge in [-0.3, -0.25) is 4.79 Å². The minimum Gasteiger partial charge on any atom is -0.384 e. The molecular formula is C19H22ClFN2O. The maximum absolute atomic E-state index is 13.1. The summed E-state index contributed by atoms with van der Waals surface area (Å²) in [6.45, 7) is 6.96. The average Bonchev–Trinajstić information content (AvgIpc) is 2.50. The van der Waals surface area contributed by atoms with Gasteiger partial charge in [0.2, 0.25) is 5.91 Å². The van der Waals surface area contributed by atoms with Crippen LogP contribution < -0.4 is 10.6 Å². The van der Waals surface area contributed by atoms with Gasteiger partial charge in [-0.2, -0.15) is 0 Å². The van der Waals surface area contributed by atoms with Gasteiger partial charge >= 0.3 is 0 Å². The molecule has 2 aromatic carbocycles. The Balaban J connectivity index is 1.90. The van der Waals surface area contributed by atoms with E-state index in [-0.39, 0.29) is 16.3 Å². The number of hydrogen-bond donors (Lipinski definition) is 2. The summed E-state index contributed by atoms with van der Waals surface area (Å²) in [7, 11) is 0. The van der Waals surface area contributed by atoms with Crippen LogP contribution in [-0.2, 0) is 10.2 Å². The number of hydrogen-bond acceptors (Lipinski definition) is 2. The van der Waals surface area contributed by atoms with Crippen molar-refractivity contribution in [3.05, 3.63) is 58.9 Å². The monoisotopic (exact) mass is 348 g/mol. The van der Waals surface area contributed by atoms with Crippen LogP contribution in [0.4, 0.5) is 15.8 Å². The van der Waals surface area contributed by atoms with Crippen LogP contribution in [0.15, 0.2) is 42.5 Å². The molecule has 0 bridgehead atoms. The zero-order chi connectivity index (χ0) is 17.7. The topological polar surface area (TPSA) is 41.1 Å². The minimum absolute atomic E-state index is 0.00923. The largest absolute Gasteiger partial charge is 0.384 e. The third kappa shape index (κ3) is 4.96. The third-order valence-corrected chi connectivity index (χ3v) is 3.90. The molecule has 5 heteroatoms. The minimum atomic E-state index is -0.505. The molecule has 0 saturated carbocycles. The summed E-state index contributed by atoms with van der Waals surface area (Å²) in [4.78, 5) is 12.0. The summed E-state index contributed by atoms with van der Waals surface area (Å²) in [6, 6.07) is 12.2. The first-order valence-corrected chi connectivity index (χ1v) is 8.23. The Morgan fingerprint density at radius 1 is 1.17 bits per heavy atom. The maximum Gasteiger partial charge on any atom is 0.226 e. The van der Waals surface area contributed by atoms with Gasteiger partial charge in [-0.1, -0.05) is 50.6 Å². The number of carbonyl (C=O) groups is 1. The van der Waals surface area contributed by atoms with Gasteiger partial charge in [0.05, 0.1) is 5.02 Å². The SMILES string of the molecule is CC(C)(C)c1ccccc1NCCC(=O)Nc1ccc(F)c(Cl)c1. The highest BCUT2D eigenvalue weighted by Crippen LogP contribution is 2.29. The molecule has 3 nitrogen and oxygen atoms in total. The van der Waals surface area contributed by atoms with Gasteiger partial charge in [0.25, 0.3) is 0 Å². The van der Waals surface area contributed by atoms with Crippen LogP contribution in [-0.4, -0.2) is 12.5 Å². The van der Waals surface area contributed by atoms with Crippen molar-refractivity contribution < 1.29 is 9.18 Å². The Kier molecular flexibility index (Phi) is 5.84. The van der Waals surface area contributed by atoms with E-state index in [0.717, 1.165) is 5.69 Å². The number of amides is 1. The van der Waals surface area contributed by atoms with E-state index >= 15 is 0 Å². The quantitative estimate of drug-likeness (QED) is 0.778. The predicted molar refractivity (Wildman–Crippen MR) is 98.3 cm³/mol. The Hall–Kier alpha value is -2.07. The molecular weight excluding hydrogens is 327 g/mol. The number of carbonyl (C=O) groups excluding carboxylic acids is 1. The number of halogens is 2. The standard InChI is InChI=1S/C19H22ClFN2O/c1-19(2,3)14-6-4-5-7-17(14)22-11-10-18(24)23-13-8-9-16(21)15(20)12-13/h4-9,12,22H,10-11H2,1-3H3,(H,23,24). The Labute approximate surface area is 147 Å². The second-order valence-corrected chi connectivity index (χ2v) is 7.06. The van der Waals surface area contributed by atoms with Crippen molar-refractivity contribution in [2.45, 2.75) is 32.6 Å². The van der Waals surface area contributed by atoms with E-state index < -0.39 is 5.82 Å². The molecule has 0 fully saturated rings. The lowest BCUT2D eigenvalue weighted by atomic mass is 9.86. The van der Waals surface area contributed by atoms with Crippen molar-refractivity contribution >= 4 is 28.9 Å². The van der Waals surface area contributed by atoms with Crippen LogP contribution in [0.2, 0.25) is 5.02 Å². The molecule has 0 unspecified atom stereocenters. The van der Waals surface area contributed by atoms with Crippen LogP contribution in [0, 0.1) is 5.82 Å². The van der Waals surface area contributed by atoms with E-state index in [0.29, 0.717) is 18.7 Å². The number of rotatable bonds is 5. The van der Waals surface area contributed by atoms with Gasteiger partial charge in [0, 0.05) is 24.3 Å². The summed E-state index contributed by atoms with van der Waals surface area (Å²) in [5.41, 5.74) is 2.75. The van der Waals surface area contributed by atoms with Gasteiger partial charge in [0.1, 0.15) is 5.82 Å². The molecule has 0 aliphatic rings. The fourth-order valence-electron chi connectivity index (χ4n) is 2.40. The van der Waals surface area contributed by atoms with Gasteiger partial charge in [-0.25, -0.2) is 4.39 Å². The second-order valence-electron chi connectivity index (χ2n) is 6.65. The van der Waals surface area contributed by atoms with E-state index in [9.17, 15) is 9.18 Å². The van der Waals surface area contributed by atoms with Gasteiger partial charge < -0.3 is 10.6 Å². The molecule has 0 aromatic heterocycles. The van der Waals surface area contributed by atoms with Crippen LogP contribution in [0.3, 0.4) is 0 Å². The van der Waals surface area contributed by atoms with Crippen LogP contribution >= 0.6 is 11.6 Å². The van der Waals surface area contributed by atoms with Crippen molar-refractivity contribution in [3.63, 3.8) is 0 Å². The van der Waals surface area contributed by atoms with E-state index in [4.69, 9.17) is 11.6 Å². The molecule has 0 saturated heterocycles. The maximum atomic E-state index is 13.1. The number of benzene rings is 2. The van der Waals surface area contributed by atoms with Gasteiger partial charge in [-0.05, 0) is 35.2 Å². The molecule has 2 N–H and O–H groups in total. The first-order valence-electron chi connectivity index (χ1n) is 7.85. The Bertz CT molecular complexity index is 726. The van der Waals surface area contributed by atoms with Crippen molar-refractivity contribution in [2.75, 3.05) is 17.2 Å². The van der Waals surface area contributed by atoms with E-state index in [1.807, 2.05) is 18.2 Å². The molecule has 128 valence electrons. The van der Waals surface area contributed by atoms with Crippen LogP contribution in [0.1, 0.15) is 32.8 Å². The van der Waals surface area contributed by atoms with E-state index in [1.54, 1.807) is 0 Å². The van der Waals surface area contributed by atoms with Crippen LogP contribution in [0.5, 0.6) is 0 Å². The smallest absolute Gasteiger partial charge is 0.226 e. The molecule has 0 radical (unpaired) electrons. The summed E-state index contributed by atoms with van der Waals surface area (Å²) in [5.74, 6) is -0.659. The first kappa shape index (κ1) is 18.3. The summed E-state index contributed by atoms with van der Waals surface area (Å²) >= 11 is 5.70. The lowest BCUT2D eigenvalue weighted by molar-refractivity contribution is -0.115. The molecule has 0 heterocycles. The van der Waals surface area contributed by atoms with Crippen molar-refractivity contribution in [1.82, 2.24) is 0 Å². The summed E-state index contributed by atoms with van der Waals surface area (Å²) in [6.07, 6.45) is 0.299. The Morgan fingerprint density at radius 3 is 2.54 bits per heavy atom. The number of para-hydroxylation sites is 1. The fourth-order valence-corrected chi connectivity index (χ4v) is 2.58. The predicted octanol–water partition coefficient (Wildman–Crippen LogP) is 5.22. The lowest BCUT2D eigenvalue weighted by Crippen LogP contribution is -2.19. The number of nitrogens with one attached hydrogen (secondary N) is 2. The third-order valence-electron chi connectivity index (χ3n) is 3.61. The average molecular weight is 349 g/mol. The zero-order valence-corrected chi connectivity index (χ0v) is 14.9. The van der Waals surface area contributed by atoms with Gasteiger partial charge in [0.15, 0.2) is 0 Å².